The van der Waals surface area contributed by atoms with Gasteiger partial charge in [0, 0.05) is 0 Å². The Labute approximate surface area is 82.3 Å². The number of nitrogens with two attached hydrogens (primary N) is 1. The zero-order valence-corrected chi connectivity index (χ0v) is 8.15. The van der Waals surface area contributed by atoms with Crippen molar-refractivity contribution < 1.29 is 14.6 Å². The minimum Gasteiger partial charge on any atom is -0.508 e. The van der Waals surface area contributed by atoms with Gasteiger partial charge in [-0.2, -0.15) is 0 Å². The second kappa shape index (κ2) is 4.11. The monoisotopic (exact) mass is 195 g/mol. The van der Waals surface area contributed by atoms with Crippen LogP contribution in [0.5, 0.6) is 5.75 Å². The van der Waals surface area contributed by atoms with E-state index in [9.17, 15) is 9.90 Å². The molecule has 1 unspecified atom stereocenters. The van der Waals surface area contributed by atoms with E-state index in [4.69, 9.17) is 5.73 Å². The Balaban J connectivity index is 2.96. The van der Waals surface area contributed by atoms with Gasteiger partial charge in [0.2, 0.25) is 0 Å². The highest BCUT2D eigenvalue weighted by molar-refractivity contribution is 5.77. The summed E-state index contributed by atoms with van der Waals surface area (Å²) in [7, 11) is 1.29. The molecule has 14 heavy (non-hydrogen) atoms. The van der Waals surface area contributed by atoms with E-state index < -0.39 is 12.0 Å². The molecule has 0 aliphatic heterocycles. The smallest absolute Gasteiger partial charge is 0.327 e. The van der Waals surface area contributed by atoms with Crippen LogP contribution in [0.25, 0.3) is 0 Å². The SMILES string of the molecule is COC(=O)C(N)c1ccc(O)c(C)c1. The fourth-order valence-corrected chi connectivity index (χ4v) is 1.14. The van der Waals surface area contributed by atoms with E-state index in [1.807, 2.05) is 0 Å². The third kappa shape index (κ3) is 2.03. The number of carbonyl (C=O) groups excluding carboxylic acids is 1. The molecule has 0 bridgehead atoms. The molecule has 0 saturated carbocycles. The number of phenolic OH excluding ortho intramolecular Hbond substituents is 1. The maximum atomic E-state index is 11.1. The summed E-state index contributed by atoms with van der Waals surface area (Å²) in [6.07, 6.45) is 0. The minimum absolute atomic E-state index is 0.186. The average Bonchev–Trinajstić information content (AvgIpc) is 2.20. The number of methoxy groups -OCH3 is 1. The van der Waals surface area contributed by atoms with Crippen LogP contribution in [0.3, 0.4) is 0 Å². The van der Waals surface area contributed by atoms with Crippen LogP contribution in [0.2, 0.25) is 0 Å². The predicted octanol–water partition coefficient (Wildman–Crippen LogP) is 0.873. The highest BCUT2D eigenvalue weighted by Gasteiger charge is 2.16. The number of phenols is 1. The summed E-state index contributed by atoms with van der Waals surface area (Å²) in [6.45, 7) is 1.74. The molecule has 76 valence electrons. The van der Waals surface area contributed by atoms with Crippen LogP contribution in [0.15, 0.2) is 18.2 Å². The minimum atomic E-state index is -0.792. The largest absolute Gasteiger partial charge is 0.508 e. The van der Waals surface area contributed by atoms with E-state index in [-0.39, 0.29) is 5.75 Å². The number of hydrogen-bond acceptors (Lipinski definition) is 4. The van der Waals surface area contributed by atoms with Gasteiger partial charge in [-0.05, 0) is 24.1 Å². The van der Waals surface area contributed by atoms with Crippen LogP contribution in [-0.4, -0.2) is 18.2 Å². The van der Waals surface area contributed by atoms with Crippen molar-refractivity contribution in [2.24, 2.45) is 5.73 Å². The Bertz CT molecular complexity index is 349. The fraction of sp³-hybridized carbons (Fsp3) is 0.300. The van der Waals surface area contributed by atoms with Crippen LogP contribution < -0.4 is 5.73 Å². The zero-order chi connectivity index (χ0) is 10.7. The van der Waals surface area contributed by atoms with Gasteiger partial charge in [-0.1, -0.05) is 12.1 Å². The fourth-order valence-electron chi connectivity index (χ4n) is 1.14. The predicted molar refractivity (Wildman–Crippen MR) is 51.8 cm³/mol. The molecule has 0 radical (unpaired) electrons. The molecule has 0 saturated heterocycles. The van der Waals surface area contributed by atoms with Crippen molar-refractivity contribution in [1.82, 2.24) is 0 Å². The second-order valence-electron chi connectivity index (χ2n) is 3.05. The van der Waals surface area contributed by atoms with E-state index in [1.165, 1.54) is 13.2 Å². The first-order valence-electron chi connectivity index (χ1n) is 4.19. The number of benzene rings is 1. The summed E-state index contributed by atoms with van der Waals surface area (Å²) in [5.74, 6) is -0.305. The average molecular weight is 195 g/mol. The number of hydrogen-bond donors (Lipinski definition) is 2. The number of ether oxygens (including phenoxy) is 1. The summed E-state index contributed by atoms with van der Waals surface area (Å²) >= 11 is 0. The Morgan fingerprint density at radius 3 is 2.71 bits per heavy atom. The van der Waals surface area contributed by atoms with Gasteiger partial charge in [0.25, 0.3) is 0 Å². The van der Waals surface area contributed by atoms with E-state index in [1.54, 1.807) is 19.1 Å². The molecule has 4 nitrogen and oxygen atoms in total. The molecule has 4 heteroatoms. The van der Waals surface area contributed by atoms with Crippen LogP contribution in [-0.2, 0) is 9.53 Å². The highest BCUT2D eigenvalue weighted by Crippen LogP contribution is 2.20. The molecule has 0 aliphatic carbocycles. The number of aromatic hydroxyl groups is 1. The van der Waals surface area contributed by atoms with Gasteiger partial charge in [-0.25, -0.2) is 0 Å². The molecule has 0 spiro atoms. The maximum Gasteiger partial charge on any atom is 0.327 e. The second-order valence-corrected chi connectivity index (χ2v) is 3.05. The van der Waals surface area contributed by atoms with Crippen molar-refractivity contribution in [1.29, 1.82) is 0 Å². The molecule has 3 N–H and O–H groups in total. The summed E-state index contributed by atoms with van der Waals surface area (Å²) in [5, 5.41) is 9.26. The van der Waals surface area contributed by atoms with E-state index in [0.717, 1.165) is 0 Å². The molecular weight excluding hydrogens is 182 g/mol. The quantitative estimate of drug-likeness (QED) is 0.687. The van der Waals surface area contributed by atoms with Gasteiger partial charge < -0.3 is 15.6 Å². The van der Waals surface area contributed by atoms with Crippen LogP contribution in [0.4, 0.5) is 0 Å². The Morgan fingerprint density at radius 2 is 2.21 bits per heavy atom. The molecule has 0 fully saturated rings. The Hall–Kier alpha value is -1.55. The van der Waals surface area contributed by atoms with E-state index >= 15 is 0 Å². The summed E-state index contributed by atoms with van der Waals surface area (Å²) in [4.78, 5) is 11.1. The lowest BCUT2D eigenvalue weighted by Crippen LogP contribution is -2.22. The standard InChI is InChI=1S/C10H13NO3/c1-6-5-7(3-4-8(6)12)9(11)10(13)14-2/h3-5,9,12H,11H2,1-2H3. The van der Waals surface area contributed by atoms with Crippen LogP contribution in [0.1, 0.15) is 17.2 Å². The summed E-state index contributed by atoms with van der Waals surface area (Å²) in [5.41, 5.74) is 6.93. The van der Waals surface area contributed by atoms with Gasteiger partial charge in [0.1, 0.15) is 11.8 Å². The van der Waals surface area contributed by atoms with Crippen LogP contribution in [0, 0.1) is 6.92 Å². The van der Waals surface area contributed by atoms with Gasteiger partial charge in [-0.15, -0.1) is 0 Å². The lowest BCUT2D eigenvalue weighted by atomic mass is 10.0. The summed E-state index contributed by atoms with van der Waals surface area (Å²) in [6, 6.07) is 3.98. The number of esters is 1. The van der Waals surface area contributed by atoms with Crippen molar-refractivity contribution >= 4 is 5.97 Å². The zero-order valence-electron chi connectivity index (χ0n) is 8.15. The van der Waals surface area contributed by atoms with Gasteiger partial charge in [-0.3, -0.25) is 4.79 Å². The van der Waals surface area contributed by atoms with E-state index in [0.29, 0.717) is 11.1 Å². The third-order valence-corrected chi connectivity index (χ3v) is 2.04. The Kier molecular flexibility index (Phi) is 3.09. The first-order valence-corrected chi connectivity index (χ1v) is 4.19. The summed E-state index contributed by atoms with van der Waals surface area (Å²) < 4.78 is 4.51. The number of carbonyl (C=O) groups is 1. The third-order valence-electron chi connectivity index (χ3n) is 2.04. The van der Waals surface area contributed by atoms with Crippen molar-refractivity contribution in [2.75, 3.05) is 7.11 Å². The van der Waals surface area contributed by atoms with Gasteiger partial charge in [0.05, 0.1) is 7.11 Å². The lowest BCUT2D eigenvalue weighted by molar-refractivity contribution is -0.142. The van der Waals surface area contributed by atoms with Crippen LogP contribution >= 0.6 is 0 Å². The maximum absolute atomic E-state index is 11.1. The molecule has 1 aromatic rings. The topological polar surface area (TPSA) is 72.5 Å². The van der Waals surface area contributed by atoms with Crippen molar-refractivity contribution in [2.45, 2.75) is 13.0 Å². The molecule has 1 rings (SSSR count). The first-order chi connectivity index (χ1) is 6.56. The van der Waals surface area contributed by atoms with Crippen molar-refractivity contribution in [3.63, 3.8) is 0 Å². The lowest BCUT2D eigenvalue weighted by Gasteiger charge is -2.10. The molecule has 0 heterocycles. The molecule has 1 aromatic carbocycles. The molecular formula is C10H13NO3. The van der Waals surface area contributed by atoms with Crippen molar-refractivity contribution in [3.8, 4) is 5.75 Å². The van der Waals surface area contributed by atoms with E-state index in [2.05, 4.69) is 4.74 Å². The molecule has 1 atom stereocenters. The highest BCUT2D eigenvalue weighted by atomic mass is 16.5. The number of aryl methyl sites for hydroxylation is 1. The molecule has 0 amide bonds. The molecule has 0 aromatic heterocycles. The first kappa shape index (κ1) is 10.5. The number of rotatable bonds is 2. The van der Waals surface area contributed by atoms with Crippen molar-refractivity contribution in [3.05, 3.63) is 29.3 Å². The Morgan fingerprint density at radius 1 is 1.57 bits per heavy atom. The van der Waals surface area contributed by atoms with Gasteiger partial charge in [0.15, 0.2) is 0 Å². The van der Waals surface area contributed by atoms with Gasteiger partial charge >= 0.3 is 5.97 Å². The normalized spacial score (nSPS) is 12.2. The molecule has 0 aliphatic rings.